The fourth-order valence-electron chi connectivity index (χ4n) is 1.92. The van der Waals surface area contributed by atoms with E-state index in [-0.39, 0.29) is 5.56 Å². The Hall–Kier alpha value is -2.21. The minimum absolute atomic E-state index is 0.156. The quantitative estimate of drug-likeness (QED) is 0.721. The molecular weight excluding hydrogens is 308 g/mol. The lowest BCUT2D eigenvalue weighted by atomic mass is 10.0. The van der Waals surface area contributed by atoms with E-state index in [0.29, 0.717) is 16.7 Å². The van der Waals surface area contributed by atoms with Gasteiger partial charge < -0.3 is 10.7 Å². The molecule has 0 aliphatic heterocycles. The molecule has 0 saturated heterocycles. The van der Waals surface area contributed by atoms with Crippen molar-refractivity contribution in [3.8, 4) is 11.1 Å². The first-order valence-electron chi connectivity index (χ1n) is 5.54. The van der Waals surface area contributed by atoms with Crippen molar-refractivity contribution in [1.82, 2.24) is 15.0 Å². The maximum absolute atomic E-state index is 11.6. The summed E-state index contributed by atoms with van der Waals surface area (Å²) in [6, 6.07) is 7.27. The molecule has 3 rings (SSSR count). The Morgan fingerprint density at radius 1 is 1.21 bits per heavy atom. The van der Waals surface area contributed by atoms with Gasteiger partial charge in [-0.1, -0.05) is 6.07 Å². The Morgan fingerprint density at radius 2 is 2.05 bits per heavy atom. The second-order valence-electron chi connectivity index (χ2n) is 4.05. The van der Waals surface area contributed by atoms with E-state index in [9.17, 15) is 4.79 Å². The number of halogens is 1. The Labute approximate surface area is 116 Å². The Balaban J connectivity index is 2.26. The lowest BCUT2D eigenvalue weighted by molar-refractivity contribution is 1.17. The normalized spacial score (nSPS) is 10.8. The molecule has 0 spiro atoms. The van der Waals surface area contributed by atoms with Crippen LogP contribution in [0.15, 0.2) is 46.1 Å². The number of nitrogens with one attached hydrogen (secondary N) is 1. The molecule has 0 aliphatic carbocycles. The largest absolute Gasteiger partial charge is 0.383 e. The summed E-state index contributed by atoms with van der Waals surface area (Å²) in [7, 11) is 0. The smallest absolute Gasteiger partial charge is 0.258 e. The number of hydrogen-bond donors (Lipinski definition) is 2. The highest BCUT2D eigenvalue weighted by Gasteiger charge is 2.07. The van der Waals surface area contributed by atoms with Gasteiger partial charge in [-0.2, -0.15) is 0 Å². The van der Waals surface area contributed by atoms with Crippen LogP contribution in [0, 0.1) is 0 Å². The first-order valence-corrected chi connectivity index (χ1v) is 6.33. The van der Waals surface area contributed by atoms with Gasteiger partial charge in [0.15, 0.2) is 0 Å². The standard InChI is InChI=1S/C13H9BrN4O/c14-8-4-10(12(15)16-5-8)7-1-2-9-11(3-7)17-6-18-13(9)19/h1-6H,(H2,15,16)(H,17,18,19). The SMILES string of the molecule is Nc1ncc(Br)cc1-c1ccc2c(=O)[nH]cnc2c1. The van der Waals surface area contributed by atoms with Crippen LogP contribution in [0.3, 0.4) is 0 Å². The molecule has 0 bridgehead atoms. The fraction of sp³-hybridized carbons (Fsp3) is 0. The second kappa shape index (κ2) is 4.47. The predicted molar refractivity (Wildman–Crippen MR) is 77.7 cm³/mol. The first kappa shape index (κ1) is 11.9. The monoisotopic (exact) mass is 316 g/mol. The predicted octanol–water partition coefficient (Wildman–Crippen LogP) is 2.33. The Kier molecular flexibility index (Phi) is 2.79. The van der Waals surface area contributed by atoms with E-state index >= 15 is 0 Å². The van der Waals surface area contributed by atoms with Gasteiger partial charge in [-0.15, -0.1) is 0 Å². The molecule has 0 aliphatic rings. The van der Waals surface area contributed by atoms with E-state index in [0.717, 1.165) is 15.6 Å². The van der Waals surface area contributed by atoms with Crippen LogP contribution >= 0.6 is 15.9 Å². The molecule has 2 aromatic heterocycles. The van der Waals surface area contributed by atoms with Crippen LogP contribution in [0.1, 0.15) is 0 Å². The zero-order valence-electron chi connectivity index (χ0n) is 9.72. The van der Waals surface area contributed by atoms with Gasteiger partial charge in [0.25, 0.3) is 5.56 Å². The van der Waals surface area contributed by atoms with Gasteiger partial charge in [-0.3, -0.25) is 4.79 Å². The molecule has 0 amide bonds. The van der Waals surface area contributed by atoms with Crippen molar-refractivity contribution < 1.29 is 0 Å². The molecule has 0 saturated carbocycles. The summed E-state index contributed by atoms with van der Waals surface area (Å²) in [6.07, 6.45) is 3.03. The number of fused-ring (bicyclic) bond motifs is 1. The number of nitrogens with two attached hydrogens (primary N) is 1. The highest BCUT2D eigenvalue weighted by atomic mass is 79.9. The van der Waals surface area contributed by atoms with Crippen molar-refractivity contribution in [2.24, 2.45) is 0 Å². The van der Waals surface area contributed by atoms with Crippen LogP contribution in [0.2, 0.25) is 0 Å². The summed E-state index contributed by atoms with van der Waals surface area (Å²) in [5, 5.41) is 0.549. The van der Waals surface area contributed by atoms with E-state index < -0.39 is 0 Å². The van der Waals surface area contributed by atoms with Crippen molar-refractivity contribution in [1.29, 1.82) is 0 Å². The van der Waals surface area contributed by atoms with Gasteiger partial charge >= 0.3 is 0 Å². The van der Waals surface area contributed by atoms with Gasteiger partial charge in [0.05, 0.1) is 17.2 Å². The lowest BCUT2D eigenvalue weighted by Crippen LogP contribution is -2.06. The van der Waals surface area contributed by atoms with Gasteiger partial charge in [0, 0.05) is 16.2 Å². The van der Waals surface area contributed by atoms with Gasteiger partial charge in [-0.25, -0.2) is 9.97 Å². The molecule has 6 heteroatoms. The van der Waals surface area contributed by atoms with E-state index in [4.69, 9.17) is 5.73 Å². The minimum atomic E-state index is -0.156. The van der Waals surface area contributed by atoms with E-state index in [1.807, 2.05) is 18.2 Å². The maximum Gasteiger partial charge on any atom is 0.258 e. The molecule has 2 heterocycles. The number of aromatic amines is 1. The Bertz CT molecular complexity index is 828. The summed E-state index contributed by atoms with van der Waals surface area (Å²) < 4.78 is 0.843. The van der Waals surface area contributed by atoms with Crippen LogP contribution in [0.4, 0.5) is 5.82 Å². The van der Waals surface area contributed by atoms with Crippen molar-refractivity contribution in [3.05, 3.63) is 51.6 Å². The second-order valence-corrected chi connectivity index (χ2v) is 4.97. The van der Waals surface area contributed by atoms with Gasteiger partial charge in [0.1, 0.15) is 5.82 Å². The molecule has 0 atom stereocenters. The summed E-state index contributed by atoms with van der Waals surface area (Å²) in [6.45, 7) is 0. The molecule has 0 unspecified atom stereocenters. The third-order valence-corrected chi connectivity index (χ3v) is 3.27. The highest BCUT2D eigenvalue weighted by Crippen LogP contribution is 2.28. The molecule has 1 aromatic carbocycles. The summed E-state index contributed by atoms with van der Waals surface area (Å²) in [5.74, 6) is 0.437. The molecule has 0 radical (unpaired) electrons. The molecule has 0 fully saturated rings. The molecule has 3 aromatic rings. The Morgan fingerprint density at radius 3 is 2.89 bits per heavy atom. The van der Waals surface area contributed by atoms with Crippen molar-refractivity contribution in [3.63, 3.8) is 0 Å². The number of aromatic nitrogens is 3. The average molecular weight is 317 g/mol. The van der Waals surface area contributed by atoms with E-state index in [2.05, 4.69) is 30.9 Å². The number of benzene rings is 1. The molecule has 5 nitrogen and oxygen atoms in total. The van der Waals surface area contributed by atoms with Crippen LogP contribution < -0.4 is 11.3 Å². The van der Waals surface area contributed by atoms with Crippen molar-refractivity contribution in [2.45, 2.75) is 0 Å². The van der Waals surface area contributed by atoms with Crippen LogP contribution in [-0.2, 0) is 0 Å². The van der Waals surface area contributed by atoms with Crippen LogP contribution in [-0.4, -0.2) is 15.0 Å². The van der Waals surface area contributed by atoms with Crippen LogP contribution in [0.5, 0.6) is 0 Å². The number of rotatable bonds is 1. The molecule has 19 heavy (non-hydrogen) atoms. The number of hydrogen-bond acceptors (Lipinski definition) is 4. The summed E-state index contributed by atoms with van der Waals surface area (Å²) in [4.78, 5) is 22.4. The maximum atomic E-state index is 11.6. The zero-order valence-corrected chi connectivity index (χ0v) is 11.3. The lowest BCUT2D eigenvalue weighted by Gasteiger charge is -2.06. The zero-order chi connectivity index (χ0) is 13.4. The number of H-pyrrole nitrogens is 1. The molecule has 94 valence electrons. The van der Waals surface area contributed by atoms with Gasteiger partial charge in [-0.05, 0) is 39.7 Å². The van der Waals surface area contributed by atoms with Crippen molar-refractivity contribution >= 4 is 32.7 Å². The number of nitrogen functional groups attached to an aromatic ring is 1. The third-order valence-electron chi connectivity index (χ3n) is 2.84. The minimum Gasteiger partial charge on any atom is -0.383 e. The van der Waals surface area contributed by atoms with Crippen LogP contribution in [0.25, 0.3) is 22.0 Å². The molecule has 3 N–H and O–H groups in total. The first-order chi connectivity index (χ1) is 9.15. The van der Waals surface area contributed by atoms with E-state index in [1.165, 1.54) is 6.33 Å². The highest BCUT2D eigenvalue weighted by molar-refractivity contribution is 9.10. The molecular formula is C13H9BrN4O. The van der Waals surface area contributed by atoms with E-state index in [1.54, 1.807) is 12.3 Å². The topological polar surface area (TPSA) is 84.7 Å². The number of pyridine rings is 1. The summed E-state index contributed by atoms with van der Waals surface area (Å²) in [5.41, 5.74) is 8.02. The summed E-state index contributed by atoms with van der Waals surface area (Å²) >= 11 is 3.37. The van der Waals surface area contributed by atoms with Gasteiger partial charge in [0.2, 0.25) is 0 Å². The number of anilines is 1. The average Bonchev–Trinajstić information content (AvgIpc) is 2.41. The third kappa shape index (κ3) is 2.10. The fourth-order valence-corrected chi connectivity index (χ4v) is 2.25. The number of nitrogens with zero attached hydrogens (tertiary/aromatic N) is 2. The van der Waals surface area contributed by atoms with Crippen molar-refractivity contribution in [2.75, 3.05) is 5.73 Å².